The highest BCUT2D eigenvalue weighted by molar-refractivity contribution is 7.47. The molecule has 0 spiro atoms. The predicted octanol–water partition coefficient (Wildman–Crippen LogP) is 20.1. The molecule has 5 atom stereocenters. The fourth-order valence-corrected chi connectivity index (χ4v) is 12.2. The van der Waals surface area contributed by atoms with E-state index in [1.54, 1.807) is 0 Å². The summed E-state index contributed by atoms with van der Waals surface area (Å²) in [5.41, 5.74) is 0. The zero-order valence-electron chi connectivity index (χ0n) is 58.8. The van der Waals surface area contributed by atoms with Crippen molar-refractivity contribution in [2.75, 3.05) is 39.6 Å². The van der Waals surface area contributed by atoms with Crippen molar-refractivity contribution >= 4 is 39.5 Å². The fourth-order valence-electron chi connectivity index (χ4n) is 10.7. The summed E-state index contributed by atoms with van der Waals surface area (Å²) in [5.74, 6) is 0.808. The highest BCUT2D eigenvalue weighted by Crippen LogP contribution is 2.45. The Bertz CT molecular complexity index is 1780. The number of phosphoric acid groups is 2. The van der Waals surface area contributed by atoms with Gasteiger partial charge in [0.1, 0.15) is 19.3 Å². The molecule has 0 rings (SSSR count). The van der Waals surface area contributed by atoms with E-state index in [1.165, 1.54) is 148 Å². The van der Waals surface area contributed by atoms with Crippen LogP contribution < -0.4 is 0 Å². The fraction of sp³-hybridized carbons (Fsp3) is 0.944. The van der Waals surface area contributed by atoms with Crippen LogP contribution >= 0.6 is 15.6 Å². The van der Waals surface area contributed by atoms with Crippen molar-refractivity contribution in [1.82, 2.24) is 0 Å². The lowest BCUT2D eigenvalue weighted by Gasteiger charge is -2.21. The Balaban J connectivity index is 5.22. The van der Waals surface area contributed by atoms with Gasteiger partial charge >= 0.3 is 39.5 Å². The number of rotatable bonds is 68. The molecule has 0 aromatic heterocycles. The molecule has 0 aromatic rings. The van der Waals surface area contributed by atoms with Crippen LogP contribution in [0.25, 0.3) is 0 Å². The van der Waals surface area contributed by atoms with Gasteiger partial charge in [-0.15, -0.1) is 0 Å². The van der Waals surface area contributed by atoms with Crippen molar-refractivity contribution in [2.45, 2.75) is 369 Å². The maximum atomic E-state index is 13.0. The van der Waals surface area contributed by atoms with E-state index >= 15 is 0 Å². The summed E-state index contributed by atoms with van der Waals surface area (Å²) in [7, 11) is -9.90. The molecule has 0 heterocycles. The molecule has 0 saturated carbocycles. The van der Waals surface area contributed by atoms with Crippen LogP contribution in [-0.2, 0) is 65.4 Å². The number of unbranched alkanes of at least 4 members (excludes halogenated alkanes) is 34. The van der Waals surface area contributed by atoms with Gasteiger partial charge < -0.3 is 33.8 Å². The topological polar surface area (TPSA) is 237 Å². The Hall–Kier alpha value is -1.94. The lowest BCUT2D eigenvalue weighted by atomic mass is 10.0. The zero-order valence-corrected chi connectivity index (χ0v) is 60.6. The van der Waals surface area contributed by atoms with Crippen molar-refractivity contribution < 1.29 is 80.2 Å². The van der Waals surface area contributed by atoms with Gasteiger partial charge in [-0.05, 0) is 49.4 Å². The summed E-state index contributed by atoms with van der Waals surface area (Å²) in [6.45, 7) is 14.0. The molecule has 2 unspecified atom stereocenters. The first-order chi connectivity index (χ1) is 43.1. The first kappa shape index (κ1) is 88.1. The molecular weight excluding hydrogens is 1190 g/mol. The van der Waals surface area contributed by atoms with E-state index in [0.717, 1.165) is 108 Å². The Morgan fingerprint density at radius 3 is 0.689 bits per heavy atom. The first-order valence-corrected chi connectivity index (χ1v) is 39.7. The van der Waals surface area contributed by atoms with Crippen LogP contribution in [0.15, 0.2) is 0 Å². The van der Waals surface area contributed by atoms with E-state index in [-0.39, 0.29) is 25.7 Å². The monoisotopic (exact) mass is 1320 g/mol. The molecule has 90 heavy (non-hydrogen) atoms. The van der Waals surface area contributed by atoms with Crippen LogP contribution in [0.3, 0.4) is 0 Å². The summed E-state index contributed by atoms with van der Waals surface area (Å²) < 4.78 is 68.3. The zero-order chi connectivity index (χ0) is 66.8. The van der Waals surface area contributed by atoms with Gasteiger partial charge in [0.05, 0.1) is 26.4 Å². The van der Waals surface area contributed by atoms with E-state index in [4.69, 9.17) is 37.0 Å². The second-order valence-electron chi connectivity index (χ2n) is 27.5. The van der Waals surface area contributed by atoms with Crippen molar-refractivity contribution in [3.05, 3.63) is 0 Å². The standard InChI is InChI=1S/C71H138O17P2/c1-61(2)47-39-31-23-18-14-11-9-10-12-16-20-26-35-43-51-68(73)81-57-66(87-70(75)53-45-37-27-21-17-13-15-19-24-32-40-48-62(3)4)59-85-89(77,78)83-55-65(72)56-84-90(79,80)86-60-67(58-82-69(74)52-44-36-30-29-34-42-50-64(7)8)88-71(76)54-46-38-28-22-25-33-41-49-63(5)6/h61-67,72H,9-60H2,1-8H3,(H,77,78)(H,79,80)/t65-,66-,67-/m1/s1. The molecule has 19 heteroatoms. The van der Waals surface area contributed by atoms with Gasteiger partial charge in [-0.25, -0.2) is 9.13 Å². The average Bonchev–Trinajstić information content (AvgIpc) is 3.23. The Morgan fingerprint density at radius 1 is 0.278 bits per heavy atom. The van der Waals surface area contributed by atoms with Crippen molar-refractivity contribution in [3.8, 4) is 0 Å². The molecule has 0 aromatic carbocycles. The molecule has 534 valence electrons. The van der Waals surface area contributed by atoms with Gasteiger partial charge in [-0.1, -0.05) is 299 Å². The number of hydrogen-bond acceptors (Lipinski definition) is 15. The van der Waals surface area contributed by atoms with Crippen LogP contribution in [0.1, 0.15) is 351 Å². The number of aliphatic hydroxyl groups excluding tert-OH is 1. The normalized spacial score (nSPS) is 14.3. The number of carbonyl (C=O) groups is 4. The van der Waals surface area contributed by atoms with Crippen molar-refractivity contribution in [3.63, 3.8) is 0 Å². The average molecular weight is 1330 g/mol. The Kier molecular flexibility index (Phi) is 59.4. The maximum absolute atomic E-state index is 13.0. The lowest BCUT2D eigenvalue weighted by Crippen LogP contribution is -2.30. The van der Waals surface area contributed by atoms with Gasteiger partial charge in [0.25, 0.3) is 0 Å². The van der Waals surface area contributed by atoms with Gasteiger partial charge in [-0.3, -0.25) is 37.3 Å². The summed E-state index contributed by atoms with van der Waals surface area (Å²) in [5, 5.41) is 10.6. The van der Waals surface area contributed by atoms with Gasteiger partial charge in [0.2, 0.25) is 0 Å². The molecule has 0 radical (unpaired) electrons. The maximum Gasteiger partial charge on any atom is 0.472 e. The molecule has 0 aliphatic heterocycles. The molecule has 0 aliphatic carbocycles. The third-order valence-electron chi connectivity index (χ3n) is 16.3. The van der Waals surface area contributed by atoms with Gasteiger partial charge in [0.15, 0.2) is 12.2 Å². The van der Waals surface area contributed by atoms with Gasteiger partial charge in [-0.2, -0.15) is 0 Å². The minimum atomic E-state index is -4.95. The number of hydrogen-bond donors (Lipinski definition) is 3. The molecule has 0 amide bonds. The Labute approximate surface area is 549 Å². The molecule has 0 bridgehead atoms. The second kappa shape index (κ2) is 60.7. The number of esters is 4. The molecule has 0 aliphatic rings. The lowest BCUT2D eigenvalue weighted by molar-refractivity contribution is -0.161. The highest BCUT2D eigenvalue weighted by Gasteiger charge is 2.30. The summed E-state index contributed by atoms with van der Waals surface area (Å²) >= 11 is 0. The van der Waals surface area contributed by atoms with Crippen LogP contribution in [0.5, 0.6) is 0 Å². The number of carbonyl (C=O) groups excluding carboxylic acids is 4. The predicted molar refractivity (Wildman–Crippen MR) is 363 cm³/mol. The van der Waals surface area contributed by atoms with E-state index in [9.17, 15) is 43.2 Å². The molecule has 17 nitrogen and oxygen atoms in total. The van der Waals surface area contributed by atoms with E-state index in [1.807, 2.05) is 0 Å². The van der Waals surface area contributed by atoms with E-state index in [0.29, 0.717) is 37.5 Å². The molecule has 0 saturated heterocycles. The smallest absolute Gasteiger partial charge is 0.462 e. The summed E-state index contributed by atoms with van der Waals surface area (Å²) in [6, 6.07) is 0. The highest BCUT2D eigenvalue weighted by atomic mass is 31.2. The van der Waals surface area contributed by atoms with E-state index in [2.05, 4.69) is 55.4 Å². The van der Waals surface area contributed by atoms with E-state index < -0.39 is 97.5 Å². The minimum Gasteiger partial charge on any atom is -0.462 e. The minimum absolute atomic E-state index is 0.102. The molecule has 3 N–H and O–H groups in total. The Morgan fingerprint density at radius 2 is 0.467 bits per heavy atom. The second-order valence-corrected chi connectivity index (χ2v) is 30.4. The largest absolute Gasteiger partial charge is 0.472 e. The van der Waals surface area contributed by atoms with Crippen LogP contribution in [0.4, 0.5) is 0 Å². The number of aliphatic hydroxyl groups is 1. The third kappa shape index (κ3) is 64.8. The quantitative estimate of drug-likeness (QED) is 0.0222. The third-order valence-corrected chi connectivity index (χ3v) is 18.2. The number of phosphoric ester groups is 2. The SMILES string of the molecule is CC(C)CCCCCCCCCCCCCCCCC(=O)OC[C@H](COP(=O)(O)OC[C@@H](O)COP(=O)(O)OC[C@@H](COC(=O)CCCCCCCCC(C)C)OC(=O)CCCCCCCCCC(C)C)OC(=O)CCCCCCCCCCCCCC(C)C. The summed E-state index contributed by atoms with van der Waals surface area (Å²) in [4.78, 5) is 72.5. The number of ether oxygens (including phenoxy) is 4. The van der Waals surface area contributed by atoms with Gasteiger partial charge in [0, 0.05) is 25.7 Å². The van der Waals surface area contributed by atoms with Crippen molar-refractivity contribution in [2.24, 2.45) is 23.7 Å². The first-order valence-electron chi connectivity index (χ1n) is 36.7. The van der Waals surface area contributed by atoms with Crippen LogP contribution in [-0.4, -0.2) is 96.7 Å². The van der Waals surface area contributed by atoms with Crippen LogP contribution in [0, 0.1) is 23.7 Å². The van der Waals surface area contributed by atoms with Crippen molar-refractivity contribution in [1.29, 1.82) is 0 Å². The molecular formula is C71H138O17P2. The molecule has 0 fully saturated rings. The van der Waals surface area contributed by atoms with Crippen LogP contribution in [0.2, 0.25) is 0 Å². The summed E-state index contributed by atoms with van der Waals surface area (Å²) in [6.07, 6.45) is 43.3.